The fourth-order valence-electron chi connectivity index (χ4n) is 2.18. The minimum absolute atomic E-state index is 0.309. The van der Waals surface area contributed by atoms with Gasteiger partial charge in [-0.1, -0.05) is 40.2 Å². The monoisotopic (exact) mass is 396 g/mol. The van der Waals surface area contributed by atoms with Crippen molar-refractivity contribution in [2.75, 3.05) is 16.0 Å². The number of hydrogen-bond acceptors (Lipinski definition) is 3. The largest absolute Gasteiger partial charge is 0.340 e. The van der Waals surface area contributed by atoms with Crippen LogP contribution < -0.4 is 16.0 Å². The average molecular weight is 397 g/mol. The van der Waals surface area contributed by atoms with Crippen molar-refractivity contribution in [1.29, 1.82) is 0 Å². The van der Waals surface area contributed by atoms with Gasteiger partial charge < -0.3 is 16.0 Å². The Labute approximate surface area is 154 Å². The molecule has 0 aliphatic heterocycles. The third-order valence-corrected chi connectivity index (χ3v) is 4.35. The number of para-hydroxylation sites is 1. The van der Waals surface area contributed by atoms with E-state index in [1.807, 2.05) is 61.5 Å². The van der Waals surface area contributed by atoms with Crippen LogP contribution in [-0.4, -0.2) is 11.0 Å². The molecule has 0 fully saturated rings. The van der Waals surface area contributed by atoms with Gasteiger partial charge >= 0.3 is 6.03 Å². The molecule has 126 valence electrons. The second-order valence-corrected chi connectivity index (χ2v) is 6.32. The number of pyridine rings is 1. The van der Waals surface area contributed by atoms with Gasteiger partial charge in [-0.3, -0.25) is 0 Å². The van der Waals surface area contributed by atoms with E-state index < -0.39 is 0 Å². The number of benzene rings is 2. The van der Waals surface area contributed by atoms with E-state index >= 15 is 0 Å². The molecule has 3 aromatic rings. The molecule has 0 unspecified atom stereocenters. The fraction of sp³-hybridized carbons (Fsp3) is 0.0526. The smallest absolute Gasteiger partial charge is 0.323 e. The van der Waals surface area contributed by atoms with E-state index in [0.29, 0.717) is 11.5 Å². The van der Waals surface area contributed by atoms with E-state index in [-0.39, 0.29) is 6.03 Å². The molecule has 0 saturated heterocycles. The number of hydrogen-bond donors (Lipinski definition) is 3. The van der Waals surface area contributed by atoms with Crippen molar-refractivity contribution in [2.45, 2.75) is 6.92 Å². The summed E-state index contributed by atoms with van der Waals surface area (Å²) in [6, 6.07) is 18.6. The summed E-state index contributed by atoms with van der Waals surface area (Å²) in [6.45, 7) is 2.03. The number of nitrogens with one attached hydrogen (secondary N) is 3. The standard InChI is InChI=1S/C19H17BrN4O/c1-13-7-8-15(11-17(13)20)22-18-10-9-16(12-21-18)24-19(25)23-14-5-3-2-4-6-14/h2-12H,1H3,(H,21,22)(H2,23,24,25). The van der Waals surface area contributed by atoms with Gasteiger partial charge in [0.2, 0.25) is 0 Å². The summed E-state index contributed by atoms with van der Waals surface area (Å²) >= 11 is 3.51. The molecule has 0 bridgehead atoms. The summed E-state index contributed by atoms with van der Waals surface area (Å²) in [5.41, 5.74) is 3.45. The van der Waals surface area contributed by atoms with Crippen LogP contribution in [0.3, 0.4) is 0 Å². The molecule has 0 spiro atoms. The zero-order chi connectivity index (χ0) is 17.6. The third kappa shape index (κ3) is 4.81. The molecule has 3 rings (SSSR count). The van der Waals surface area contributed by atoms with Gasteiger partial charge in [-0.25, -0.2) is 9.78 Å². The highest BCUT2D eigenvalue weighted by atomic mass is 79.9. The van der Waals surface area contributed by atoms with Crippen molar-refractivity contribution in [3.05, 3.63) is 76.9 Å². The summed E-state index contributed by atoms with van der Waals surface area (Å²) in [7, 11) is 0. The van der Waals surface area contributed by atoms with Gasteiger partial charge in [-0.15, -0.1) is 0 Å². The molecule has 0 aliphatic carbocycles. The first-order chi connectivity index (χ1) is 12.1. The number of nitrogens with zero attached hydrogens (tertiary/aromatic N) is 1. The number of rotatable bonds is 4. The predicted molar refractivity (Wildman–Crippen MR) is 105 cm³/mol. The number of carbonyl (C=O) groups is 1. The number of halogens is 1. The van der Waals surface area contributed by atoms with Gasteiger partial charge in [0.15, 0.2) is 0 Å². The fourth-order valence-corrected chi connectivity index (χ4v) is 2.55. The Morgan fingerprint density at radius 1 is 0.920 bits per heavy atom. The highest BCUT2D eigenvalue weighted by molar-refractivity contribution is 9.10. The molecule has 0 saturated carbocycles. The molecule has 2 aromatic carbocycles. The zero-order valence-electron chi connectivity index (χ0n) is 13.6. The Hall–Kier alpha value is -2.86. The van der Waals surface area contributed by atoms with Crippen molar-refractivity contribution in [3.8, 4) is 0 Å². The van der Waals surface area contributed by atoms with Gasteiger partial charge in [0.05, 0.1) is 11.9 Å². The van der Waals surface area contributed by atoms with E-state index in [1.54, 1.807) is 12.3 Å². The Morgan fingerprint density at radius 2 is 1.64 bits per heavy atom. The van der Waals surface area contributed by atoms with Crippen molar-refractivity contribution in [1.82, 2.24) is 4.98 Å². The van der Waals surface area contributed by atoms with Crippen LogP contribution in [0.25, 0.3) is 0 Å². The Balaban J connectivity index is 1.60. The van der Waals surface area contributed by atoms with Crippen LogP contribution in [0.1, 0.15) is 5.56 Å². The summed E-state index contributed by atoms with van der Waals surface area (Å²) < 4.78 is 1.04. The maximum Gasteiger partial charge on any atom is 0.323 e. The molecule has 0 aliphatic rings. The Morgan fingerprint density at radius 3 is 2.32 bits per heavy atom. The SMILES string of the molecule is Cc1ccc(Nc2ccc(NC(=O)Nc3ccccc3)cn2)cc1Br. The first kappa shape index (κ1) is 17.0. The van der Waals surface area contributed by atoms with Crippen LogP contribution in [0.5, 0.6) is 0 Å². The molecule has 1 aromatic heterocycles. The van der Waals surface area contributed by atoms with Crippen LogP contribution in [0, 0.1) is 6.92 Å². The Bertz CT molecular complexity index is 866. The van der Waals surface area contributed by atoms with Gasteiger partial charge in [0.25, 0.3) is 0 Å². The zero-order valence-corrected chi connectivity index (χ0v) is 15.2. The van der Waals surface area contributed by atoms with E-state index in [9.17, 15) is 4.79 Å². The highest BCUT2D eigenvalue weighted by Gasteiger charge is 2.04. The van der Waals surface area contributed by atoms with E-state index in [2.05, 4.69) is 36.9 Å². The highest BCUT2D eigenvalue weighted by Crippen LogP contribution is 2.23. The third-order valence-electron chi connectivity index (χ3n) is 3.50. The summed E-state index contributed by atoms with van der Waals surface area (Å²) in [6.07, 6.45) is 1.61. The molecule has 2 amide bonds. The normalized spacial score (nSPS) is 10.2. The topological polar surface area (TPSA) is 66.0 Å². The van der Waals surface area contributed by atoms with E-state index in [1.165, 1.54) is 5.56 Å². The number of anilines is 4. The molecule has 0 radical (unpaired) electrons. The number of urea groups is 1. The lowest BCUT2D eigenvalue weighted by atomic mass is 10.2. The molecule has 25 heavy (non-hydrogen) atoms. The summed E-state index contributed by atoms with van der Waals surface area (Å²) in [5, 5.41) is 8.73. The maximum absolute atomic E-state index is 12.0. The van der Waals surface area contributed by atoms with Gasteiger partial charge in [0.1, 0.15) is 5.82 Å². The van der Waals surface area contributed by atoms with E-state index in [4.69, 9.17) is 0 Å². The number of carbonyl (C=O) groups excluding carboxylic acids is 1. The summed E-state index contributed by atoms with van der Waals surface area (Å²) in [4.78, 5) is 16.3. The first-order valence-electron chi connectivity index (χ1n) is 7.72. The molecular formula is C19H17BrN4O. The number of amides is 2. The van der Waals surface area contributed by atoms with Crippen molar-refractivity contribution < 1.29 is 4.79 Å². The molecule has 5 nitrogen and oxygen atoms in total. The summed E-state index contributed by atoms with van der Waals surface area (Å²) in [5.74, 6) is 0.699. The molecular weight excluding hydrogens is 380 g/mol. The molecule has 3 N–H and O–H groups in total. The van der Waals surface area contributed by atoms with E-state index in [0.717, 1.165) is 15.8 Å². The second kappa shape index (κ2) is 7.81. The lowest BCUT2D eigenvalue weighted by Crippen LogP contribution is -2.19. The number of aromatic nitrogens is 1. The maximum atomic E-state index is 12.0. The lowest BCUT2D eigenvalue weighted by molar-refractivity contribution is 0.262. The first-order valence-corrected chi connectivity index (χ1v) is 8.52. The predicted octanol–water partition coefficient (Wildman–Crippen LogP) is 5.54. The molecule has 6 heteroatoms. The molecule has 1 heterocycles. The van der Waals surface area contributed by atoms with Crippen LogP contribution in [0.2, 0.25) is 0 Å². The minimum Gasteiger partial charge on any atom is -0.340 e. The lowest BCUT2D eigenvalue weighted by Gasteiger charge is -2.09. The van der Waals surface area contributed by atoms with Gasteiger partial charge in [-0.2, -0.15) is 0 Å². The van der Waals surface area contributed by atoms with Crippen LogP contribution in [0.4, 0.5) is 27.7 Å². The van der Waals surface area contributed by atoms with Gasteiger partial charge in [-0.05, 0) is 48.9 Å². The Kier molecular flexibility index (Phi) is 5.30. The second-order valence-electron chi connectivity index (χ2n) is 5.47. The van der Waals surface area contributed by atoms with Crippen LogP contribution in [-0.2, 0) is 0 Å². The number of aryl methyl sites for hydroxylation is 1. The van der Waals surface area contributed by atoms with Crippen LogP contribution in [0.15, 0.2) is 71.3 Å². The average Bonchev–Trinajstić information content (AvgIpc) is 2.61. The van der Waals surface area contributed by atoms with Gasteiger partial charge in [0, 0.05) is 15.8 Å². The van der Waals surface area contributed by atoms with Crippen molar-refractivity contribution in [3.63, 3.8) is 0 Å². The van der Waals surface area contributed by atoms with Crippen molar-refractivity contribution >= 4 is 44.8 Å². The quantitative estimate of drug-likeness (QED) is 0.542. The van der Waals surface area contributed by atoms with Crippen molar-refractivity contribution in [2.24, 2.45) is 0 Å². The molecule has 0 atom stereocenters. The minimum atomic E-state index is -0.309. The van der Waals surface area contributed by atoms with Crippen LogP contribution >= 0.6 is 15.9 Å².